The summed E-state index contributed by atoms with van der Waals surface area (Å²) in [6.07, 6.45) is 5.74. The van der Waals surface area contributed by atoms with E-state index in [0.29, 0.717) is 18.1 Å². The number of aliphatic hydroxyl groups excluding tert-OH is 1. The van der Waals surface area contributed by atoms with Gasteiger partial charge < -0.3 is 18.9 Å². The van der Waals surface area contributed by atoms with Crippen LogP contribution in [0.25, 0.3) is 11.5 Å². The van der Waals surface area contributed by atoms with Crippen molar-refractivity contribution in [2.45, 2.75) is 31.7 Å². The molecule has 2 aromatic rings. The molecule has 2 aromatic heterocycles. The summed E-state index contributed by atoms with van der Waals surface area (Å²) in [5, 5.41) is 13.0. The first kappa shape index (κ1) is 13.9. The second-order valence-electron chi connectivity index (χ2n) is 5.21. The lowest BCUT2D eigenvalue weighted by atomic mass is 10.2. The van der Waals surface area contributed by atoms with Crippen LogP contribution in [0.2, 0.25) is 0 Å². The van der Waals surface area contributed by atoms with Gasteiger partial charge in [-0.1, -0.05) is 18.0 Å². The first-order chi connectivity index (χ1) is 10.3. The molecule has 1 aliphatic carbocycles. The van der Waals surface area contributed by atoms with Gasteiger partial charge in [0.1, 0.15) is 0 Å². The van der Waals surface area contributed by atoms with E-state index in [-0.39, 0.29) is 24.2 Å². The Bertz CT molecular complexity index is 585. The zero-order valence-electron chi connectivity index (χ0n) is 11.7. The summed E-state index contributed by atoms with van der Waals surface area (Å²) in [6.45, 7) is 0.275. The standard InChI is InChI=1S/C15H18N2O4/c18-8-7-17(11-4-1-2-5-11)15(19)12-10-14(21-16-12)13-6-3-9-20-13/h3,6,9-11,18H,1-2,4-5,7-8H2. The SMILES string of the molecule is O=C(c1cc(-c2ccco2)on1)N(CCO)C1CCCC1. The summed E-state index contributed by atoms with van der Waals surface area (Å²) in [5.41, 5.74) is 0.252. The third kappa shape index (κ3) is 2.85. The van der Waals surface area contributed by atoms with Crippen molar-refractivity contribution in [2.24, 2.45) is 0 Å². The van der Waals surface area contributed by atoms with Gasteiger partial charge in [-0.2, -0.15) is 0 Å². The van der Waals surface area contributed by atoms with Crippen molar-refractivity contribution >= 4 is 5.91 Å². The Hall–Kier alpha value is -2.08. The fourth-order valence-electron chi connectivity index (χ4n) is 2.83. The van der Waals surface area contributed by atoms with Crippen molar-refractivity contribution in [3.63, 3.8) is 0 Å². The van der Waals surface area contributed by atoms with Crippen LogP contribution in [-0.4, -0.2) is 40.3 Å². The molecule has 1 N–H and O–H groups in total. The number of rotatable bonds is 5. The molecule has 1 saturated carbocycles. The molecular weight excluding hydrogens is 272 g/mol. The Morgan fingerprint density at radius 1 is 1.38 bits per heavy atom. The van der Waals surface area contributed by atoms with E-state index in [1.165, 1.54) is 6.26 Å². The van der Waals surface area contributed by atoms with Gasteiger partial charge in [-0.25, -0.2) is 0 Å². The molecule has 0 atom stereocenters. The Labute approximate surface area is 122 Å². The van der Waals surface area contributed by atoms with Gasteiger partial charge in [0.2, 0.25) is 5.76 Å². The highest BCUT2D eigenvalue weighted by atomic mass is 16.5. The Balaban J connectivity index is 1.79. The third-order valence-corrected chi connectivity index (χ3v) is 3.86. The molecule has 0 bridgehead atoms. The molecule has 1 amide bonds. The number of carbonyl (C=O) groups excluding carboxylic acids is 1. The highest BCUT2D eigenvalue weighted by Crippen LogP contribution is 2.26. The van der Waals surface area contributed by atoms with Crippen LogP contribution in [0.15, 0.2) is 33.4 Å². The minimum atomic E-state index is -0.197. The minimum absolute atomic E-state index is 0.0505. The van der Waals surface area contributed by atoms with E-state index >= 15 is 0 Å². The molecule has 1 aliphatic rings. The number of furan rings is 1. The van der Waals surface area contributed by atoms with Gasteiger partial charge in [0.05, 0.1) is 12.9 Å². The van der Waals surface area contributed by atoms with Crippen LogP contribution in [0.3, 0.4) is 0 Å². The van der Waals surface area contributed by atoms with Crippen LogP contribution in [0.1, 0.15) is 36.2 Å². The van der Waals surface area contributed by atoms with Gasteiger partial charge in [0.15, 0.2) is 11.5 Å². The van der Waals surface area contributed by atoms with Gasteiger partial charge in [-0.05, 0) is 25.0 Å². The molecule has 0 aromatic carbocycles. The van der Waals surface area contributed by atoms with Crippen LogP contribution >= 0.6 is 0 Å². The number of aromatic nitrogens is 1. The highest BCUT2D eigenvalue weighted by Gasteiger charge is 2.29. The molecule has 6 nitrogen and oxygen atoms in total. The highest BCUT2D eigenvalue weighted by molar-refractivity contribution is 5.93. The van der Waals surface area contributed by atoms with E-state index in [2.05, 4.69) is 5.16 Å². The van der Waals surface area contributed by atoms with E-state index < -0.39 is 0 Å². The van der Waals surface area contributed by atoms with Crippen molar-refractivity contribution in [1.29, 1.82) is 0 Å². The smallest absolute Gasteiger partial charge is 0.276 e. The topological polar surface area (TPSA) is 79.7 Å². The summed E-state index contributed by atoms with van der Waals surface area (Å²) in [5.74, 6) is 0.771. The zero-order chi connectivity index (χ0) is 14.7. The average Bonchev–Trinajstić information content (AvgIpc) is 3.25. The van der Waals surface area contributed by atoms with Gasteiger partial charge >= 0.3 is 0 Å². The molecule has 6 heteroatoms. The predicted molar refractivity (Wildman–Crippen MR) is 74.6 cm³/mol. The number of hydrogen-bond acceptors (Lipinski definition) is 5. The van der Waals surface area contributed by atoms with Crippen LogP contribution in [0.4, 0.5) is 0 Å². The molecule has 3 rings (SSSR count). The normalized spacial score (nSPS) is 15.5. The molecule has 0 unspecified atom stereocenters. The minimum Gasteiger partial charge on any atom is -0.461 e. The molecule has 0 aliphatic heterocycles. The molecule has 21 heavy (non-hydrogen) atoms. The number of aliphatic hydroxyl groups is 1. The molecule has 1 fully saturated rings. The molecule has 2 heterocycles. The lowest BCUT2D eigenvalue weighted by Crippen LogP contribution is -2.40. The summed E-state index contributed by atoms with van der Waals surface area (Å²) in [6, 6.07) is 5.27. The molecular formula is C15H18N2O4. The van der Waals surface area contributed by atoms with Crippen LogP contribution in [0, 0.1) is 0 Å². The maximum absolute atomic E-state index is 12.6. The quantitative estimate of drug-likeness (QED) is 0.914. The van der Waals surface area contributed by atoms with Gasteiger partial charge in [0.25, 0.3) is 5.91 Å². The fraction of sp³-hybridized carbons (Fsp3) is 0.467. The van der Waals surface area contributed by atoms with Crippen molar-refractivity contribution in [2.75, 3.05) is 13.2 Å². The molecule has 112 valence electrons. The zero-order valence-corrected chi connectivity index (χ0v) is 11.7. The lowest BCUT2D eigenvalue weighted by Gasteiger charge is -2.27. The van der Waals surface area contributed by atoms with Gasteiger partial charge in [0, 0.05) is 18.7 Å². The molecule has 0 saturated heterocycles. The molecule has 0 radical (unpaired) electrons. The first-order valence-electron chi connectivity index (χ1n) is 7.22. The van der Waals surface area contributed by atoms with E-state index in [4.69, 9.17) is 8.94 Å². The van der Waals surface area contributed by atoms with E-state index in [1.54, 1.807) is 23.1 Å². The van der Waals surface area contributed by atoms with Crippen LogP contribution < -0.4 is 0 Å². The first-order valence-corrected chi connectivity index (χ1v) is 7.22. The van der Waals surface area contributed by atoms with Crippen molar-refractivity contribution in [3.05, 3.63) is 30.2 Å². The fourth-order valence-corrected chi connectivity index (χ4v) is 2.83. The van der Waals surface area contributed by atoms with E-state index in [9.17, 15) is 9.90 Å². The van der Waals surface area contributed by atoms with Gasteiger partial charge in [-0.15, -0.1) is 0 Å². The maximum Gasteiger partial charge on any atom is 0.276 e. The second kappa shape index (κ2) is 6.13. The largest absolute Gasteiger partial charge is 0.461 e. The van der Waals surface area contributed by atoms with Crippen molar-refractivity contribution in [1.82, 2.24) is 10.1 Å². The second-order valence-corrected chi connectivity index (χ2v) is 5.21. The Morgan fingerprint density at radius 2 is 2.19 bits per heavy atom. The maximum atomic E-state index is 12.6. The van der Waals surface area contributed by atoms with Crippen molar-refractivity contribution in [3.8, 4) is 11.5 Å². The summed E-state index contributed by atoms with van der Waals surface area (Å²) in [4.78, 5) is 14.3. The summed E-state index contributed by atoms with van der Waals surface area (Å²) in [7, 11) is 0. The number of amides is 1. The van der Waals surface area contributed by atoms with Gasteiger partial charge in [-0.3, -0.25) is 4.79 Å². The Morgan fingerprint density at radius 3 is 2.86 bits per heavy atom. The third-order valence-electron chi connectivity index (χ3n) is 3.86. The number of hydrogen-bond donors (Lipinski definition) is 1. The monoisotopic (exact) mass is 290 g/mol. The summed E-state index contributed by atoms with van der Waals surface area (Å²) < 4.78 is 10.4. The predicted octanol–water partition coefficient (Wildman–Crippen LogP) is 2.31. The van der Waals surface area contributed by atoms with Crippen molar-refractivity contribution < 1.29 is 18.8 Å². The van der Waals surface area contributed by atoms with Crippen LogP contribution in [0.5, 0.6) is 0 Å². The average molecular weight is 290 g/mol. The van der Waals surface area contributed by atoms with E-state index in [1.807, 2.05) is 0 Å². The lowest BCUT2D eigenvalue weighted by molar-refractivity contribution is 0.0627. The summed E-state index contributed by atoms with van der Waals surface area (Å²) >= 11 is 0. The molecule has 0 spiro atoms. The van der Waals surface area contributed by atoms with E-state index in [0.717, 1.165) is 25.7 Å². The number of carbonyl (C=O) groups is 1. The number of nitrogens with zero attached hydrogens (tertiary/aromatic N) is 2. The Kier molecular flexibility index (Phi) is 4.06. The van der Waals surface area contributed by atoms with Crippen LogP contribution in [-0.2, 0) is 0 Å².